The van der Waals surface area contributed by atoms with Gasteiger partial charge in [-0.1, -0.05) is 60.2 Å². The van der Waals surface area contributed by atoms with Crippen molar-refractivity contribution in [2.24, 2.45) is 0 Å². The van der Waals surface area contributed by atoms with Crippen molar-refractivity contribution < 1.29 is 9.53 Å². The number of aryl methyl sites for hydroxylation is 1. The number of ether oxygens (including phenoxy) is 1. The highest BCUT2D eigenvalue weighted by Crippen LogP contribution is 2.36. The lowest BCUT2D eigenvalue weighted by molar-refractivity contribution is 0.180. The van der Waals surface area contributed by atoms with Crippen molar-refractivity contribution in [2.75, 3.05) is 7.11 Å². The number of para-hydroxylation sites is 1. The number of carbonyl (C=O) groups excluding carboxylic acids is 1. The van der Waals surface area contributed by atoms with Crippen LogP contribution in [-0.4, -0.2) is 22.6 Å². The molecule has 0 fully saturated rings. The van der Waals surface area contributed by atoms with Gasteiger partial charge in [-0.05, 0) is 53.9 Å². The maximum absolute atomic E-state index is 13.7. The van der Waals surface area contributed by atoms with Crippen molar-refractivity contribution in [3.63, 3.8) is 0 Å². The predicted octanol–water partition coefficient (Wildman–Crippen LogP) is 5.61. The number of aromatic nitrogens is 1. The molecule has 0 aliphatic carbocycles. The van der Waals surface area contributed by atoms with Gasteiger partial charge in [-0.25, -0.2) is 4.79 Å². The van der Waals surface area contributed by atoms with E-state index in [0.29, 0.717) is 13.1 Å². The zero-order chi connectivity index (χ0) is 22.8. The van der Waals surface area contributed by atoms with E-state index in [2.05, 4.69) is 65.5 Å². The lowest BCUT2D eigenvalue weighted by atomic mass is 10.00. The van der Waals surface area contributed by atoms with Gasteiger partial charge in [-0.3, -0.25) is 0 Å². The molecule has 0 radical (unpaired) electrons. The lowest BCUT2D eigenvalue weighted by Gasteiger charge is -2.31. The van der Waals surface area contributed by atoms with Crippen molar-refractivity contribution in [3.05, 3.63) is 119 Å². The normalized spacial score (nSPS) is 14.7. The van der Waals surface area contributed by atoms with Crippen molar-refractivity contribution in [3.8, 4) is 11.4 Å². The van der Waals surface area contributed by atoms with Gasteiger partial charge >= 0.3 is 6.03 Å². The molecular formula is C28H27N3O2. The van der Waals surface area contributed by atoms with Gasteiger partial charge in [-0.2, -0.15) is 0 Å². The number of rotatable bonds is 4. The maximum Gasteiger partial charge on any atom is 0.318 e. The minimum Gasteiger partial charge on any atom is -0.497 e. The van der Waals surface area contributed by atoms with E-state index in [0.717, 1.165) is 33.8 Å². The first-order valence-corrected chi connectivity index (χ1v) is 11.1. The number of benzene rings is 3. The summed E-state index contributed by atoms with van der Waals surface area (Å²) in [5.41, 5.74) is 6.55. The van der Waals surface area contributed by atoms with Gasteiger partial charge in [0.1, 0.15) is 5.75 Å². The Morgan fingerprint density at radius 2 is 1.85 bits per heavy atom. The average molecular weight is 438 g/mol. The number of hydrogen-bond acceptors (Lipinski definition) is 2. The van der Waals surface area contributed by atoms with Gasteiger partial charge in [-0.15, -0.1) is 0 Å². The summed E-state index contributed by atoms with van der Waals surface area (Å²) in [5.74, 6) is 0.779. The molecule has 0 saturated heterocycles. The van der Waals surface area contributed by atoms with Gasteiger partial charge in [0.15, 0.2) is 0 Å². The Hall–Kier alpha value is -3.99. The summed E-state index contributed by atoms with van der Waals surface area (Å²) in [4.78, 5) is 15.6. The van der Waals surface area contributed by atoms with E-state index in [4.69, 9.17) is 4.74 Å². The Balaban J connectivity index is 1.54. The summed E-state index contributed by atoms with van der Waals surface area (Å²) in [6.07, 6.45) is 2.08. The zero-order valence-electron chi connectivity index (χ0n) is 18.9. The summed E-state index contributed by atoms with van der Waals surface area (Å²) in [6, 6.07) is 28.3. The standard InChI is InChI=1S/C28H27N3O2/c1-20-8-5-11-22(16-20)27-26-14-7-15-30(26)25-13-4-3-10-23(25)19-31(27)28(32)29-18-21-9-6-12-24(17-21)33-2/h3-17,27H,18-19H2,1-2H3,(H,29,32)/t27-/m1/s1. The third-order valence-corrected chi connectivity index (χ3v) is 6.16. The van der Waals surface area contributed by atoms with Crippen molar-refractivity contribution in [2.45, 2.75) is 26.1 Å². The van der Waals surface area contributed by atoms with Crippen LogP contribution in [0.15, 0.2) is 91.1 Å². The quantitative estimate of drug-likeness (QED) is 0.451. The second-order valence-electron chi connectivity index (χ2n) is 8.39. The zero-order valence-corrected chi connectivity index (χ0v) is 18.9. The van der Waals surface area contributed by atoms with E-state index in [1.165, 1.54) is 5.56 Å². The molecule has 2 amide bonds. The number of carbonyl (C=O) groups is 1. The van der Waals surface area contributed by atoms with E-state index >= 15 is 0 Å². The van der Waals surface area contributed by atoms with E-state index in [1.54, 1.807) is 7.11 Å². The van der Waals surface area contributed by atoms with E-state index in [-0.39, 0.29) is 12.1 Å². The minimum atomic E-state index is -0.211. The number of amides is 2. The third-order valence-electron chi connectivity index (χ3n) is 6.16. The fourth-order valence-electron chi connectivity index (χ4n) is 4.59. The number of methoxy groups -OCH3 is 1. The molecular weight excluding hydrogens is 410 g/mol. The van der Waals surface area contributed by atoms with Crippen molar-refractivity contribution >= 4 is 6.03 Å². The fraction of sp³-hybridized carbons (Fsp3) is 0.179. The highest BCUT2D eigenvalue weighted by Gasteiger charge is 2.32. The Kier molecular flexibility index (Phi) is 5.61. The van der Waals surface area contributed by atoms with Gasteiger partial charge in [0.05, 0.1) is 25.4 Å². The first-order chi connectivity index (χ1) is 16.1. The minimum absolute atomic E-state index is 0.103. The monoisotopic (exact) mass is 437 g/mol. The summed E-state index contributed by atoms with van der Waals surface area (Å²) in [6.45, 7) is 3.03. The molecule has 166 valence electrons. The summed E-state index contributed by atoms with van der Waals surface area (Å²) >= 11 is 0. The van der Waals surface area contributed by atoms with Crippen LogP contribution in [-0.2, 0) is 13.1 Å². The molecule has 4 aromatic rings. The summed E-state index contributed by atoms with van der Waals surface area (Å²) in [5, 5.41) is 3.14. The van der Waals surface area contributed by atoms with Crippen LogP contribution in [0.2, 0.25) is 0 Å². The molecule has 1 aromatic heterocycles. The number of nitrogens with one attached hydrogen (secondary N) is 1. The number of nitrogens with zero attached hydrogens (tertiary/aromatic N) is 2. The number of hydrogen-bond donors (Lipinski definition) is 1. The Morgan fingerprint density at radius 1 is 1.00 bits per heavy atom. The van der Waals surface area contributed by atoms with Crippen LogP contribution >= 0.6 is 0 Å². The second-order valence-corrected chi connectivity index (χ2v) is 8.39. The molecule has 0 spiro atoms. The number of fused-ring (bicyclic) bond motifs is 3. The first kappa shape index (κ1) is 20.9. The van der Waals surface area contributed by atoms with E-state index in [1.807, 2.05) is 47.4 Å². The summed E-state index contributed by atoms with van der Waals surface area (Å²) in [7, 11) is 1.65. The van der Waals surface area contributed by atoms with Crippen LogP contribution in [0.3, 0.4) is 0 Å². The van der Waals surface area contributed by atoms with Gasteiger partial charge < -0.3 is 19.5 Å². The molecule has 5 heteroatoms. The molecule has 1 N–H and O–H groups in total. The van der Waals surface area contributed by atoms with Crippen molar-refractivity contribution in [1.82, 2.24) is 14.8 Å². The molecule has 0 bridgehead atoms. The molecule has 33 heavy (non-hydrogen) atoms. The molecule has 1 aliphatic heterocycles. The molecule has 2 heterocycles. The molecule has 0 unspecified atom stereocenters. The molecule has 5 rings (SSSR count). The fourth-order valence-corrected chi connectivity index (χ4v) is 4.59. The van der Waals surface area contributed by atoms with Crippen LogP contribution in [0.4, 0.5) is 4.79 Å². The molecule has 0 saturated carbocycles. The summed E-state index contributed by atoms with van der Waals surface area (Å²) < 4.78 is 7.53. The Labute approximate surface area is 194 Å². The van der Waals surface area contributed by atoms with E-state index < -0.39 is 0 Å². The number of urea groups is 1. The van der Waals surface area contributed by atoms with E-state index in [9.17, 15) is 4.79 Å². The SMILES string of the molecule is COc1cccc(CNC(=O)N2Cc3ccccc3-n3cccc3[C@H]2c2cccc(C)c2)c1. The molecule has 3 aromatic carbocycles. The Morgan fingerprint density at radius 3 is 2.70 bits per heavy atom. The van der Waals surface area contributed by atoms with Gasteiger partial charge in [0, 0.05) is 18.4 Å². The highest BCUT2D eigenvalue weighted by atomic mass is 16.5. The lowest BCUT2D eigenvalue weighted by Crippen LogP contribution is -2.41. The van der Waals surface area contributed by atoms with Crippen LogP contribution < -0.4 is 10.1 Å². The maximum atomic E-state index is 13.7. The predicted molar refractivity (Wildman–Crippen MR) is 130 cm³/mol. The smallest absolute Gasteiger partial charge is 0.318 e. The average Bonchev–Trinajstić information content (AvgIpc) is 3.27. The first-order valence-electron chi connectivity index (χ1n) is 11.1. The van der Waals surface area contributed by atoms with Gasteiger partial charge in [0.25, 0.3) is 0 Å². The molecule has 5 nitrogen and oxygen atoms in total. The van der Waals surface area contributed by atoms with Crippen molar-refractivity contribution in [1.29, 1.82) is 0 Å². The van der Waals surface area contributed by atoms with Crippen LogP contribution in [0, 0.1) is 6.92 Å². The Bertz CT molecular complexity index is 1290. The highest BCUT2D eigenvalue weighted by molar-refractivity contribution is 5.76. The van der Waals surface area contributed by atoms with Crippen LogP contribution in [0.25, 0.3) is 5.69 Å². The topological polar surface area (TPSA) is 46.5 Å². The van der Waals surface area contributed by atoms with Gasteiger partial charge in [0.2, 0.25) is 0 Å². The molecule has 1 aliphatic rings. The second kappa shape index (κ2) is 8.87. The third kappa shape index (κ3) is 4.10. The van der Waals surface area contributed by atoms with Crippen LogP contribution in [0.5, 0.6) is 5.75 Å². The molecule has 1 atom stereocenters. The largest absolute Gasteiger partial charge is 0.497 e. The van der Waals surface area contributed by atoms with Crippen LogP contribution in [0.1, 0.15) is 34.0 Å².